The van der Waals surface area contributed by atoms with Gasteiger partial charge in [-0.2, -0.15) is 0 Å². The predicted octanol–water partition coefficient (Wildman–Crippen LogP) is 2.21. The van der Waals surface area contributed by atoms with Gasteiger partial charge in [-0.15, -0.1) is 0 Å². The Bertz CT molecular complexity index is 616. The molecule has 1 aromatic carbocycles. The number of carbonyl (C=O) groups is 2. The summed E-state index contributed by atoms with van der Waals surface area (Å²) < 4.78 is 10.4. The summed E-state index contributed by atoms with van der Waals surface area (Å²) in [6, 6.07) is 4.91. The highest BCUT2D eigenvalue weighted by Crippen LogP contribution is 2.27. The van der Waals surface area contributed by atoms with E-state index < -0.39 is 5.91 Å². The smallest absolute Gasteiger partial charge is 0.264 e. The van der Waals surface area contributed by atoms with E-state index in [-0.39, 0.29) is 24.0 Å². The predicted molar refractivity (Wildman–Crippen MR) is 99.7 cm³/mol. The van der Waals surface area contributed by atoms with Crippen LogP contribution in [0.2, 0.25) is 10.0 Å². The van der Waals surface area contributed by atoms with Gasteiger partial charge in [0.25, 0.3) is 5.91 Å². The highest BCUT2D eigenvalue weighted by molar-refractivity contribution is 7.80. The fourth-order valence-corrected chi connectivity index (χ4v) is 2.21. The Morgan fingerprint density at radius 1 is 1.20 bits per heavy atom. The van der Waals surface area contributed by atoms with E-state index in [1.165, 1.54) is 0 Å². The number of halogens is 2. The molecule has 0 fully saturated rings. The third kappa shape index (κ3) is 9.45. The van der Waals surface area contributed by atoms with Gasteiger partial charge in [0.05, 0.1) is 11.6 Å². The number of hydrazine groups is 1. The largest absolute Gasteiger partial charge is 0.492 e. The van der Waals surface area contributed by atoms with E-state index in [1.807, 2.05) is 0 Å². The molecule has 0 bridgehead atoms. The number of hydrogen-bond donors (Lipinski definition) is 3. The summed E-state index contributed by atoms with van der Waals surface area (Å²) in [5.74, 6) is -0.199. The van der Waals surface area contributed by atoms with Crippen molar-refractivity contribution in [1.82, 2.24) is 16.2 Å². The Morgan fingerprint density at radius 2 is 1.96 bits per heavy atom. The SMILES string of the molecule is CCOCC(=O)NNC(=S)NC(=O)CCCOc1ccc(Cl)cc1Cl. The zero-order valence-corrected chi connectivity index (χ0v) is 15.9. The highest BCUT2D eigenvalue weighted by Gasteiger charge is 2.07. The van der Waals surface area contributed by atoms with Gasteiger partial charge in [0.1, 0.15) is 12.4 Å². The summed E-state index contributed by atoms with van der Waals surface area (Å²) in [7, 11) is 0. The lowest BCUT2D eigenvalue weighted by Crippen LogP contribution is -2.49. The Balaban J connectivity index is 2.17. The molecule has 0 aliphatic carbocycles. The minimum absolute atomic E-state index is 0.00323. The third-order valence-corrected chi connectivity index (χ3v) is 3.44. The van der Waals surface area contributed by atoms with Gasteiger partial charge in [0.2, 0.25) is 5.91 Å². The summed E-state index contributed by atoms with van der Waals surface area (Å²) in [5, 5.41) is 3.36. The van der Waals surface area contributed by atoms with Gasteiger partial charge in [-0.1, -0.05) is 23.2 Å². The molecule has 138 valence electrons. The van der Waals surface area contributed by atoms with Crippen LogP contribution in [0.15, 0.2) is 18.2 Å². The van der Waals surface area contributed by atoms with Crippen LogP contribution in [0.5, 0.6) is 5.75 Å². The zero-order valence-electron chi connectivity index (χ0n) is 13.6. The maximum absolute atomic E-state index is 11.7. The van der Waals surface area contributed by atoms with Gasteiger partial charge >= 0.3 is 0 Å². The molecule has 0 heterocycles. The van der Waals surface area contributed by atoms with Crippen molar-refractivity contribution < 1.29 is 19.1 Å². The first kappa shape index (κ1) is 21.4. The van der Waals surface area contributed by atoms with Crippen LogP contribution in [0.3, 0.4) is 0 Å². The van der Waals surface area contributed by atoms with Crippen molar-refractivity contribution in [3.05, 3.63) is 28.2 Å². The van der Waals surface area contributed by atoms with Crippen LogP contribution in [0.25, 0.3) is 0 Å². The second-order valence-electron chi connectivity index (χ2n) is 4.71. The normalized spacial score (nSPS) is 10.0. The van der Waals surface area contributed by atoms with Crippen LogP contribution < -0.4 is 20.9 Å². The van der Waals surface area contributed by atoms with Crippen molar-refractivity contribution in [2.24, 2.45) is 0 Å². The van der Waals surface area contributed by atoms with Crippen molar-refractivity contribution in [2.75, 3.05) is 19.8 Å². The summed E-state index contributed by atoms with van der Waals surface area (Å²) in [6.07, 6.45) is 0.657. The van der Waals surface area contributed by atoms with Gasteiger partial charge in [0.15, 0.2) is 5.11 Å². The van der Waals surface area contributed by atoms with E-state index in [0.717, 1.165) is 0 Å². The third-order valence-electron chi connectivity index (χ3n) is 2.71. The molecule has 0 unspecified atom stereocenters. The molecule has 0 saturated carbocycles. The molecule has 1 aromatic rings. The second kappa shape index (κ2) is 11.9. The van der Waals surface area contributed by atoms with Crippen LogP contribution >= 0.6 is 35.4 Å². The molecule has 0 aliphatic rings. The molecule has 3 N–H and O–H groups in total. The Labute approximate surface area is 161 Å². The first-order chi connectivity index (χ1) is 11.9. The number of nitrogens with one attached hydrogen (secondary N) is 3. The maximum Gasteiger partial charge on any atom is 0.264 e. The molecule has 0 saturated heterocycles. The van der Waals surface area contributed by atoms with Gasteiger partial charge < -0.3 is 14.8 Å². The summed E-state index contributed by atoms with van der Waals surface area (Å²) in [4.78, 5) is 23.0. The van der Waals surface area contributed by atoms with E-state index in [2.05, 4.69) is 16.2 Å². The molecule has 1 rings (SSSR count). The van der Waals surface area contributed by atoms with Crippen molar-refractivity contribution in [3.63, 3.8) is 0 Å². The summed E-state index contributed by atoms with van der Waals surface area (Å²) >= 11 is 16.7. The molecule has 0 spiro atoms. The number of amides is 2. The average Bonchev–Trinajstić information content (AvgIpc) is 2.56. The first-order valence-electron chi connectivity index (χ1n) is 7.46. The Kier molecular flexibility index (Phi) is 10.2. The molecular formula is C15H19Cl2N3O4S. The first-order valence-corrected chi connectivity index (χ1v) is 8.63. The number of thiocarbonyl (C=S) groups is 1. The van der Waals surface area contributed by atoms with Crippen molar-refractivity contribution in [3.8, 4) is 5.75 Å². The number of ether oxygens (including phenoxy) is 2. The molecule has 0 atom stereocenters. The van der Waals surface area contributed by atoms with Gasteiger partial charge in [0, 0.05) is 18.1 Å². The van der Waals surface area contributed by atoms with Crippen LogP contribution in [0.1, 0.15) is 19.8 Å². The molecular weight excluding hydrogens is 389 g/mol. The standard InChI is InChI=1S/C15H19Cl2N3O4S/c1-2-23-9-14(22)19-20-15(25)18-13(21)4-3-7-24-12-6-5-10(16)8-11(12)17/h5-6,8H,2-4,7,9H2,1H3,(H,19,22)(H2,18,20,21,25). The number of carbonyl (C=O) groups excluding carboxylic acids is 2. The maximum atomic E-state index is 11.7. The monoisotopic (exact) mass is 407 g/mol. The van der Waals surface area contributed by atoms with E-state index in [1.54, 1.807) is 25.1 Å². The lowest BCUT2D eigenvalue weighted by Gasteiger charge is -2.11. The Hall–Kier alpha value is -1.61. The fourth-order valence-electron chi connectivity index (χ4n) is 1.58. The number of rotatable bonds is 8. The summed E-state index contributed by atoms with van der Waals surface area (Å²) in [6.45, 7) is 2.42. The topological polar surface area (TPSA) is 88.7 Å². The average molecular weight is 408 g/mol. The van der Waals surface area contributed by atoms with E-state index >= 15 is 0 Å². The zero-order chi connectivity index (χ0) is 18.7. The van der Waals surface area contributed by atoms with Crippen LogP contribution in [0, 0.1) is 0 Å². The van der Waals surface area contributed by atoms with Gasteiger partial charge in [-0.3, -0.25) is 20.4 Å². The highest BCUT2D eigenvalue weighted by atomic mass is 35.5. The molecule has 0 radical (unpaired) electrons. The van der Waals surface area contributed by atoms with E-state index in [9.17, 15) is 9.59 Å². The van der Waals surface area contributed by atoms with Crippen molar-refractivity contribution in [2.45, 2.75) is 19.8 Å². The fraction of sp³-hybridized carbons (Fsp3) is 0.400. The number of benzene rings is 1. The molecule has 2 amide bonds. The van der Waals surface area contributed by atoms with Crippen LogP contribution in [0.4, 0.5) is 0 Å². The van der Waals surface area contributed by atoms with Crippen molar-refractivity contribution in [1.29, 1.82) is 0 Å². The van der Waals surface area contributed by atoms with Crippen LogP contribution in [-0.4, -0.2) is 36.7 Å². The molecule has 7 nitrogen and oxygen atoms in total. The van der Waals surface area contributed by atoms with Crippen LogP contribution in [-0.2, 0) is 14.3 Å². The molecule has 0 aromatic heterocycles. The van der Waals surface area contributed by atoms with Crippen molar-refractivity contribution >= 4 is 52.3 Å². The molecule has 10 heteroatoms. The second-order valence-corrected chi connectivity index (χ2v) is 5.97. The Morgan fingerprint density at radius 3 is 2.64 bits per heavy atom. The minimum atomic E-state index is -0.397. The van der Waals surface area contributed by atoms with Gasteiger partial charge in [-0.25, -0.2) is 0 Å². The minimum Gasteiger partial charge on any atom is -0.492 e. The summed E-state index contributed by atoms with van der Waals surface area (Å²) in [5.41, 5.74) is 4.71. The lowest BCUT2D eigenvalue weighted by atomic mass is 10.3. The van der Waals surface area contributed by atoms with E-state index in [0.29, 0.717) is 35.4 Å². The quantitative estimate of drug-likeness (QED) is 0.347. The van der Waals surface area contributed by atoms with Gasteiger partial charge in [-0.05, 0) is 43.8 Å². The lowest BCUT2D eigenvalue weighted by molar-refractivity contribution is -0.126. The molecule has 0 aliphatic heterocycles. The number of hydrogen-bond acceptors (Lipinski definition) is 5. The van der Waals surface area contributed by atoms with E-state index in [4.69, 9.17) is 44.9 Å². The molecule has 25 heavy (non-hydrogen) atoms.